The minimum Gasteiger partial charge on any atom is -0.378 e. The highest BCUT2D eigenvalue weighted by atomic mass is 32.2. The monoisotopic (exact) mass is 307 g/mol. The van der Waals surface area contributed by atoms with Gasteiger partial charge in [-0.15, -0.1) is 0 Å². The maximum atomic E-state index is 12.9. The molecular weight excluding hydrogens is 293 g/mol. The lowest BCUT2D eigenvalue weighted by molar-refractivity contribution is 0.122. The van der Waals surface area contributed by atoms with Crippen molar-refractivity contribution in [3.63, 3.8) is 0 Å². The van der Waals surface area contributed by atoms with Gasteiger partial charge in [0.25, 0.3) is 0 Å². The molecule has 1 saturated heterocycles. The van der Waals surface area contributed by atoms with Crippen molar-refractivity contribution in [3.8, 4) is 0 Å². The first kappa shape index (κ1) is 14.0. The van der Waals surface area contributed by atoms with Gasteiger partial charge >= 0.3 is 0 Å². The Balaban J connectivity index is 1.81. The zero-order valence-corrected chi connectivity index (χ0v) is 12.0. The van der Waals surface area contributed by atoms with E-state index in [4.69, 9.17) is 10.5 Å². The molecule has 0 atom stereocenters. The minimum atomic E-state index is -0.275. The van der Waals surface area contributed by atoms with E-state index in [0.29, 0.717) is 24.3 Å². The van der Waals surface area contributed by atoms with Crippen LogP contribution in [0.15, 0.2) is 34.3 Å². The second-order valence-corrected chi connectivity index (χ2v) is 5.47. The van der Waals surface area contributed by atoms with Crippen LogP contribution in [-0.4, -0.2) is 41.3 Å². The van der Waals surface area contributed by atoms with E-state index in [9.17, 15) is 4.39 Å². The van der Waals surface area contributed by atoms with Crippen molar-refractivity contribution in [3.05, 3.63) is 30.1 Å². The van der Waals surface area contributed by atoms with Gasteiger partial charge in [-0.3, -0.25) is 0 Å². The van der Waals surface area contributed by atoms with Crippen molar-refractivity contribution in [2.75, 3.05) is 36.9 Å². The summed E-state index contributed by atoms with van der Waals surface area (Å²) in [7, 11) is 0. The van der Waals surface area contributed by atoms with Crippen LogP contribution in [0.3, 0.4) is 0 Å². The Hall–Kier alpha value is -1.93. The van der Waals surface area contributed by atoms with E-state index in [1.165, 1.54) is 23.9 Å². The van der Waals surface area contributed by atoms with Crippen LogP contribution in [0.25, 0.3) is 0 Å². The Morgan fingerprint density at radius 3 is 2.52 bits per heavy atom. The first-order valence-corrected chi connectivity index (χ1v) is 7.30. The SMILES string of the molecule is Nc1nc(Sc2ccc(F)cc2)nc(N2CCOCC2)n1. The normalized spacial score (nSPS) is 15.2. The standard InChI is InChI=1S/C13H14FN5OS/c14-9-1-3-10(4-2-9)21-13-17-11(15)16-12(18-13)19-5-7-20-8-6-19/h1-4H,5-8H2,(H2,15,16,17,18). The summed E-state index contributed by atoms with van der Waals surface area (Å²) in [5.41, 5.74) is 5.75. The summed E-state index contributed by atoms with van der Waals surface area (Å²) in [4.78, 5) is 15.5. The fourth-order valence-corrected chi connectivity index (χ4v) is 2.67. The maximum Gasteiger partial charge on any atom is 0.231 e. The van der Waals surface area contributed by atoms with Gasteiger partial charge in [0.2, 0.25) is 11.9 Å². The first-order chi connectivity index (χ1) is 10.2. The molecule has 0 aliphatic carbocycles. The minimum absolute atomic E-state index is 0.177. The van der Waals surface area contributed by atoms with Gasteiger partial charge < -0.3 is 15.4 Å². The smallest absolute Gasteiger partial charge is 0.231 e. The third-order valence-corrected chi connectivity index (χ3v) is 3.81. The summed E-state index contributed by atoms with van der Waals surface area (Å²) in [6.07, 6.45) is 0. The molecule has 8 heteroatoms. The van der Waals surface area contributed by atoms with E-state index in [1.54, 1.807) is 12.1 Å². The average Bonchev–Trinajstić information content (AvgIpc) is 2.50. The Morgan fingerprint density at radius 1 is 1.10 bits per heavy atom. The molecule has 2 N–H and O–H groups in total. The molecule has 2 heterocycles. The number of ether oxygens (including phenoxy) is 1. The number of hydrogen-bond acceptors (Lipinski definition) is 7. The van der Waals surface area contributed by atoms with E-state index < -0.39 is 0 Å². The van der Waals surface area contributed by atoms with E-state index >= 15 is 0 Å². The number of aromatic nitrogens is 3. The number of hydrogen-bond donors (Lipinski definition) is 1. The molecule has 0 amide bonds. The molecule has 1 fully saturated rings. The predicted molar refractivity (Wildman–Crippen MR) is 77.8 cm³/mol. The van der Waals surface area contributed by atoms with Crippen molar-refractivity contribution in [1.82, 2.24) is 15.0 Å². The molecule has 1 aromatic carbocycles. The van der Waals surface area contributed by atoms with Gasteiger partial charge in [-0.1, -0.05) is 0 Å². The lowest BCUT2D eigenvalue weighted by atomic mass is 10.4. The summed E-state index contributed by atoms with van der Waals surface area (Å²) in [5.74, 6) is 0.454. The van der Waals surface area contributed by atoms with E-state index in [2.05, 4.69) is 15.0 Å². The highest BCUT2D eigenvalue weighted by Gasteiger charge is 2.16. The van der Waals surface area contributed by atoms with Gasteiger partial charge in [0.05, 0.1) is 13.2 Å². The molecular formula is C13H14FN5OS. The van der Waals surface area contributed by atoms with Crippen LogP contribution >= 0.6 is 11.8 Å². The van der Waals surface area contributed by atoms with E-state index in [-0.39, 0.29) is 11.8 Å². The maximum absolute atomic E-state index is 12.9. The van der Waals surface area contributed by atoms with E-state index in [1.807, 2.05) is 4.90 Å². The Labute approximate surface area is 125 Å². The largest absolute Gasteiger partial charge is 0.378 e. The molecule has 110 valence electrons. The Bertz CT molecular complexity index is 618. The van der Waals surface area contributed by atoms with Gasteiger partial charge in [0, 0.05) is 18.0 Å². The summed E-state index contributed by atoms with van der Waals surface area (Å²) in [6, 6.07) is 6.15. The topological polar surface area (TPSA) is 77.2 Å². The van der Waals surface area contributed by atoms with Gasteiger partial charge in [0.1, 0.15) is 5.82 Å². The number of nitrogen functional groups attached to an aromatic ring is 1. The third-order valence-electron chi connectivity index (χ3n) is 2.94. The fourth-order valence-electron chi connectivity index (χ4n) is 1.92. The third kappa shape index (κ3) is 3.59. The summed E-state index contributed by atoms with van der Waals surface area (Å²) in [6.45, 7) is 2.74. The van der Waals surface area contributed by atoms with Crippen molar-refractivity contribution < 1.29 is 9.13 Å². The molecule has 6 nitrogen and oxygen atoms in total. The molecule has 0 spiro atoms. The molecule has 0 radical (unpaired) electrons. The molecule has 21 heavy (non-hydrogen) atoms. The van der Waals surface area contributed by atoms with Crippen molar-refractivity contribution in [2.45, 2.75) is 10.1 Å². The number of anilines is 2. The molecule has 0 saturated carbocycles. The summed E-state index contributed by atoms with van der Waals surface area (Å²) in [5, 5.41) is 0.496. The molecule has 3 rings (SSSR count). The van der Waals surface area contributed by atoms with Crippen LogP contribution in [0.4, 0.5) is 16.3 Å². The molecule has 2 aromatic rings. The van der Waals surface area contributed by atoms with Crippen LogP contribution in [0.1, 0.15) is 0 Å². The molecule has 0 bridgehead atoms. The average molecular weight is 307 g/mol. The number of benzene rings is 1. The highest BCUT2D eigenvalue weighted by Crippen LogP contribution is 2.26. The van der Waals surface area contributed by atoms with Crippen molar-refractivity contribution in [1.29, 1.82) is 0 Å². The predicted octanol–water partition coefficient (Wildman–Crippen LogP) is 1.58. The quantitative estimate of drug-likeness (QED) is 0.922. The van der Waals surface area contributed by atoms with Crippen molar-refractivity contribution in [2.24, 2.45) is 0 Å². The molecule has 1 aliphatic rings. The zero-order valence-electron chi connectivity index (χ0n) is 11.2. The van der Waals surface area contributed by atoms with Gasteiger partial charge in [-0.25, -0.2) is 4.39 Å². The van der Waals surface area contributed by atoms with Gasteiger partial charge in [0.15, 0.2) is 5.16 Å². The Morgan fingerprint density at radius 2 is 1.81 bits per heavy atom. The number of nitrogens with two attached hydrogens (primary N) is 1. The second kappa shape index (κ2) is 6.23. The Kier molecular flexibility index (Phi) is 4.16. The first-order valence-electron chi connectivity index (χ1n) is 6.48. The van der Waals surface area contributed by atoms with E-state index in [0.717, 1.165) is 18.0 Å². The van der Waals surface area contributed by atoms with Crippen LogP contribution in [0, 0.1) is 5.82 Å². The number of rotatable bonds is 3. The molecule has 1 aliphatic heterocycles. The van der Waals surface area contributed by atoms with Gasteiger partial charge in [-0.2, -0.15) is 15.0 Å². The van der Waals surface area contributed by atoms with Crippen LogP contribution < -0.4 is 10.6 Å². The number of nitrogens with zero attached hydrogens (tertiary/aromatic N) is 4. The number of morpholine rings is 1. The van der Waals surface area contributed by atoms with Crippen LogP contribution in [-0.2, 0) is 4.74 Å². The number of halogens is 1. The lowest BCUT2D eigenvalue weighted by Crippen LogP contribution is -2.37. The second-order valence-electron chi connectivity index (χ2n) is 4.43. The van der Waals surface area contributed by atoms with Crippen molar-refractivity contribution >= 4 is 23.7 Å². The fraction of sp³-hybridized carbons (Fsp3) is 0.308. The summed E-state index contributed by atoms with van der Waals surface area (Å²) >= 11 is 1.32. The zero-order chi connectivity index (χ0) is 14.7. The summed E-state index contributed by atoms with van der Waals surface area (Å²) < 4.78 is 18.2. The molecule has 0 unspecified atom stereocenters. The highest BCUT2D eigenvalue weighted by molar-refractivity contribution is 7.99. The molecule has 1 aromatic heterocycles. The lowest BCUT2D eigenvalue weighted by Gasteiger charge is -2.26. The van der Waals surface area contributed by atoms with Gasteiger partial charge in [-0.05, 0) is 36.0 Å². The van der Waals surface area contributed by atoms with Crippen LogP contribution in [0.2, 0.25) is 0 Å². The van der Waals surface area contributed by atoms with Crippen LogP contribution in [0.5, 0.6) is 0 Å².